The van der Waals surface area contributed by atoms with Crippen LogP contribution < -0.4 is 0 Å². The highest BCUT2D eigenvalue weighted by molar-refractivity contribution is 8.02. The third-order valence-electron chi connectivity index (χ3n) is 3.09. The topological polar surface area (TPSA) is 60.2 Å². The Kier molecular flexibility index (Phi) is 3.57. The van der Waals surface area contributed by atoms with Gasteiger partial charge in [-0.1, -0.05) is 12.2 Å². The van der Waals surface area contributed by atoms with Crippen molar-refractivity contribution in [3.05, 3.63) is 59.2 Å². The minimum absolute atomic E-state index is 0.0549. The van der Waals surface area contributed by atoms with Gasteiger partial charge in [-0.25, -0.2) is 0 Å². The third-order valence-corrected chi connectivity index (χ3v) is 4.57. The van der Waals surface area contributed by atoms with Gasteiger partial charge in [0.15, 0.2) is 5.78 Å². The SMILES string of the molecule is C=CCC1(CC=C)Sc2ccc([N+](=O)[O-])cc2C1=O. The number of hydrogen-bond acceptors (Lipinski definition) is 4. The number of Topliss-reactive ketones (excluding diaryl/α,β-unsaturated/α-hetero) is 1. The van der Waals surface area contributed by atoms with Crippen molar-refractivity contribution >= 4 is 23.2 Å². The zero-order chi connectivity index (χ0) is 14.0. The number of nitro groups is 1. The van der Waals surface area contributed by atoms with E-state index >= 15 is 0 Å². The van der Waals surface area contributed by atoms with Crippen LogP contribution in [0.15, 0.2) is 48.4 Å². The molecule has 0 amide bonds. The van der Waals surface area contributed by atoms with Crippen LogP contribution in [-0.2, 0) is 0 Å². The third kappa shape index (κ3) is 2.21. The lowest BCUT2D eigenvalue weighted by Crippen LogP contribution is -2.30. The maximum Gasteiger partial charge on any atom is 0.270 e. The molecule has 0 saturated heterocycles. The number of carbonyl (C=O) groups is 1. The molecule has 1 heterocycles. The number of hydrogen-bond donors (Lipinski definition) is 0. The van der Waals surface area contributed by atoms with E-state index in [4.69, 9.17) is 0 Å². The number of ketones is 1. The smallest absolute Gasteiger partial charge is 0.270 e. The average molecular weight is 275 g/mol. The minimum atomic E-state index is -0.638. The van der Waals surface area contributed by atoms with Crippen LogP contribution >= 0.6 is 11.8 Å². The molecule has 0 atom stereocenters. The lowest BCUT2D eigenvalue weighted by molar-refractivity contribution is -0.384. The summed E-state index contributed by atoms with van der Waals surface area (Å²) in [5.74, 6) is -0.0731. The molecule has 1 aliphatic heterocycles. The first-order chi connectivity index (χ1) is 9.04. The summed E-state index contributed by atoms with van der Waals surface area (Å²) in [4.78, 5) is 23.6. The van der Waals surface area contributed by atoms with E-state index in [9.17, 15) is 14.9 Å². The van der Waals surface area contributed by atoms with E-state index in [2.05, 4.69) is 13.2 Å². The fraction of sp³-hybridized carbons (Fsp3) is 0.214. The average Bonchev–Trinajstić information content (AvgIpc) is 2.63. The molecule has 0 saturated carbocycles. The number of benzene rings is 1. The van der Waals surface area contributed by atoms with Gasteiger partial charge in [-0.2, -0.15) is 0 Å². The molecule has 0 fully saturated rings. The van der Waals surface area contributed by atoms with Crippen molar-refractivity contribution in [2.24, 2.45) is 0 Å². The lowest BCUT2D eigenvalue weighted by atomic mass is 9.91. The van der Waals surface area contributed by atoms with Gasteiger partial charge in [-0.3, -0.25) is 14.9 Å². The summed E-state index contributed by atoms with van der Waals surface area (Å²) in [6.07, 6.45) is 4.44. The Bertz CT molecular complexity index is 570. The second-order valence-corrected chi connectivity index (χ2v) is 5.77. The number of non-ortho nitro benzene ring substituents is 1. The monoisotopic (exact) mass is 275 g/mol. The summed E-state index contributed by atoms with van der Waals surface area (Å²) in [6.45, 7) is 7.37. The van der Waals surface area contributed by atoms with Crippen LogP contribution in [0.4, 0.5) is 5.69 Å². The highest BCUT2D eigenvalue weighted by Gasteiger charge is 2.45. The van der Waals surface area contributed by atoms with Gasteiger partial charge < -0.3 is 0 Å². The summed E-state index contributed by atoms with van der Waals surface area (Å²) < 4.78 is -0.638. The molecule has 0 radical (unpaired) electrons. The molecule has 1 aromatic rings. The van der Waals surface area contributed by atoms with Gasteiger partial charge >= 0.3 is 0 Å². The van der Waals surface area contributed by atoms with Gasteiger partial charge in [-0.05, 0) is 18.9 Å². The van der Waals surface area contributed by atoms with E-state index in [-0.39, 0.29) is 11.5 Å². The van der Waals surface area contributed by atoms with E-state index in [1.165, 1.54) is 23.9 Å². The normalized spacial score (nSPS) is 15.9. The number of nitro benzene ring substituents is 1. The molecular formula is C14H13NO3S. The van der Waals surface area contributed by atoms with Crippen LogP contribution in [-0.4, -0.2) is 15.5 Å². The quantitative estimate of drug-likeness (QED) is 0.466. The molecule has 19 heavy (non-hydrogen) atoms. The van der Waals surface area contributed by atoms with Crippen LogP contribution in [0.25, 0.3) is 0 Å². The molecule has 0 aromatic heterocycles. The molecular weight excluding hydrogens is 262 g/mol. The fourth-order valence-corrected chi connectivity index (χ4v) is 3.64. The molecule has 5 heteroatoms. The molecule has 1 aromatic carbocycles. The van der Waals surface area contributed by atoms with Crippen LogP contribution in [0.2, 0.25) is 0 Å². The van der Waals surface area contributed by atoms with Gasteiger partial charge in [0, 0.05) is 22.6 Å². The molecule has 0 aliphatic carbocycles. The van der Waals surface area contributed by atoms with Gasteiger partial charge in [-0.15, -0.1) is 24.9 Å². The maximum atomic E-state index is 12.5. The van der Waals surface area contributed by atoms with Crippen LogP contribution in [0.1, 0.15) is 23.2 Å². The van der Waals surface area contributed by atoms with Gasteiger partial charge in [0.05, 0.1) is 9.67 Å². The zero-order valence-electron chi connectivity index (χ0n) is 10.3. The molecule has 4 nitrogen and oxygen atoms in total. The highest BCUT2D eigenvalue weighted by Crippen LogP contribution is 2.50. The summed E-state index contributed by atoms with van der Waals surface area (Å²) in [6, 6.07) is 4.43. The minimum Gasteiger partial charge on any atom is -0.293 e. The number of thioether (sulfide) groups is 1. The van der Waals surface area contributed by atoms with E-state index < -0.39 is 9.67 Å². The number of nitrogens with zero attached hydrogens (tertiary/aromatic N) is 1. The zero-order valence-corrected chi connectivity index (χ0v) is 11.1. The fourth-order valence-electron chi connectivity index (χ4n) is 2.22. The summed E-state index contributed by atoms with van der Waals surface area (Å²) in [7, 11) is 0. The Morgan fingerprint density at radius 3 is 2.47 bits per heavy atom. The summed E-state index contributed by atoms with van der Waals surface area (Å²) >= 11 is 1.45. The van der Waals surface area contributed by atoms with Crippen LogP contribution in [0.3, 0.4) is 0 Å². The first-order valence-electron chi connectivity index (χ1n) is 5.78. The predicted octanol–water partition coefficient (Wildman–Crippen LogP) is 3.77. The summed E-state index contributed by atoms with van der Waals surface area (Å²) in [5.41, 5.74) is 0.378. The maximum absolute atomic E-state index is 12.5. The molecule has 1 aliphatic rings. The van der Waals surface area contributed by atoms with E-state index in [0.717, 1.165) is 4.90 Å². The van der Waals surface area contributed by atoms with E-state index in [1.807, 2.05) is 0 Å². The Labute approximate surface area is 115 Å². The second-order valence-electron chi connectivity index (χ2n) is 4.35. The van der Waals surface area contributed by atoms with Crippen molar-refractivity contribution in [3.63, 3.8) is 0 Å². The Hall–Kier alpha value is -1.88. The van der Waals surface area contributed by atoms with Crippen molar-refractivity contribution < 1.29 is 9.72 Å². The molecule has 0 unspecified atom stereocenters. The number of carbonyl (C=O) groups excluding carboxylic acids is 1. The lowest BCUT2D eigenvalue weighted by Gasteiger charge is -2.22. The Morgan fingerprint density at radius 1 is 1.32 bits per heavy atom. The van der Waals surface area contributed by atoms with E-state index in [0.29, 0.717) is 18.4 Å². The molecule has 0 bridgehead atoms. The summed E-state index contributed by atoms with van der Waals surface area (Å²) in [5, 5.41) is 10.8. The second kappa shape index (κ2) is 5.01. The number of rotatable bonds is 5. The van der Waals surface area contributed by atoms with Crippen molar-refractivity contribution in [1.29, 1.82) is 0 Å². The van der Waals surface area contributed by atoms with Crippen molar-refractivity contribution in [2.45, 2.75) is 22.5 Å². The Balaban J connectivity index is 2.47. The largest absolute Gasteiger partial charge is 0.293 e. The number of fused-ring (bicyclic) bond motifs is 1. The number of allylic oxidation sites excluding steroid dienone is 2. The van der Waals surface area contributed by atoms with Crippen LogP contribution in [0, 0.1) is 10.1 Å². The van der Waals surface area contributed by atoms with Gasteiger partial charge in [0.25, 0.3) is 5.69 Å². The molecule has 0 spiro atoms. The van der Waals surface area contributed by atoms with Crippen molar-refractivity contribution in [1.82, 2.24) is 0 Å². The molecule has 98 valence electrons. The predicted molar refractivity (Wildman–Crippen MR) is 75.6 cm³/mol. The standard InChI is InChI=1S/C14H13NO3S/c1-3-7-14(8-4-2)13(16)11-9-10(15(17)18)5-6-12(11)19-14/h3-6,9H,1-2,7-8H2. The highest BCUT2D eigenvalue weighted by atomic mass is 32.2. The first-order valence-corrected chi connectivity index (χ1v) is 6.60. The Morgan fingerprint density at radius 2 is 1.95 bits per heavy atom. The van der Waals surface area contributed by atoms with Crippen LogP contribution in [0.5, 0.6) is 0 Å². The molecule has 2 rings (SSSR count). The van der Waals surface area contributed by atoms with Gasteiger partial charge in [0.2, 0.25) is 0 Å². The van der Waals surface area contributed by atoms with Crippen molar-refractivity contribution in [2.75, 3.05) is 0 Å². The van der Waals surface area contributed by atoms with E-state index in [1.54, 1.807) is 18.2 Å². The van der Waals surface area contributed by atoms with Crippen molar-refractivity contribution in [3.8, 4) is 0 Å². The first kappa shape index (κ1) is 13.5. The van der Waals surface area contributed by atoms with Gasteiger partial charge in [0.1, 0.15) is 0 Å². The molecule has 0 N–H and O–H groups in total.